The zero-order chi connectivity index (χ0) is 26.1. The molecule has 0 fully saturated rings. The first kappa shape index (κ1) is 25.7. The van der Waals surface area contributed by atoms with Crippen molar-refractivity contribution >= 4 is 0 Å². The molecule has 0 aliphatic carbocycles. The summed E-state index contributed by atoms with van der Waals surface area (Å²) in [6.07, 6.45) is 0. The molecule has 0 saturated heterocycles. The van der Waals surface area contributed by atoms with Gasteiger partial charge in [0.1, 0.15) is 0 Å². The lowest BCUT2D eigenvalue weighted by Gasteiger charge is -2.25. The average molecular weight is 483 g/mol. The van der Waals surface area contributed by atoms with Gasteiger partial charge in [0.25, 0.3) is 0 Å². The molecule has 2 aliphatic rings. The van der Waals surface area contributed by atoms with E-state index in [-0.39, 0.29) is 21.7 Å². The number of benzene rings is 2. The number of hydrogen-bond donors (Lipinski definition) is 0. The lowest BCUT2D eigenvalue weighted by atomic mass is 9.81. The van der Waals surface area contributed by atoms with Gasteiger partial charge in [-0.15, -0.1) is 0 Å². The molecule has 0 bridgehead atoms. The van der Waals surface area contributed by atoms with E-state index in [1.165, 1.54) is 0 Å². The maximum atomic E-state index is 6.25. The highest BCUT2D eigenvalue weighted by Crippen LogP contribution is 2.51. The molecule has 0 aromatic heterocycles. The van der Waals surface area contributed by atoms with Gasteiger partial charge in [-0.25, -0.2) is 4.74 Å². The van der Waals surface area contributed by atoms with Crippen molar-refractivity contribution in [3.63, 3.8) is 0 Å². The third-order valence-electron chi connectivity index (χ3n) is 6.53. The van der Waals surface area contributed by atoms with Crippen molar-refractivity contribution in [2.24, 2.45) is 0 Å². The van der Waals surface area contributed by atoms with Crippen molar-refractivity contribution < 1.29 is 23.7 Å². The van der Waals surface area contributed by atoms with Gasteiger partial charge in [-0.3, -0.25) is 0 Å². The first-order valence-electron chi connectivity index (χ1n) is 12.6. The smallest absolute Gasteiger partial charge is 0.366 e. The predicted molar refractivity (Wildman–Crippen MR) is 139 cm³/mol. The first-order chi connectivity index (χ1) is 15.9. The molecule has 0 spiro atoms. The van der Waals surface area contributed by atoms with Gasteiger partial charge in [0.2, 0.25) is 0 Å². The van der Waals surface area contributed by atoms with Gasteiger partial charge < -0.3 is 18.9 Å². The molecule has 0 N–H and O–H groups in total. The molecule has 0 amide bonds. The zero-order valence-electron chi connectivity index (χ0n) is 23.5. The minimum atomic E-state index is -0.968. The molecule has 5 nitrogen and oxygen atoms in total. The maximum Gasteiger partial charge on any atom is 0.366 e. The minimum absolute atomic E-state index is 0.113. The van der Waals surface area contributed by atoms with Gasteiger partial charge in [-0.2, -0.15) is 0 Å². The Balaban J connectivity index is 1.64. The summed E-state index contributed by atoms with van der Waals surface area (Å²) in [5.41, 5.74) is 3.86. The molecule has 2 aromatic carbocycles. The highest BCUT2D eigenvalue weighted by atomic mass is 17.0. The fourth-order valence-electron chi connectivity index (χ4n) is 4.59. The highest BCUT2D eigenvalue weighted by Gasteiger charge is 2.41. The van der Waals surface area contributed by atoms with E-state index in [2.05, 4.69) is 107 Å². The first-order valence-corrected chi connectivity index (χ1v) is 12.6. The van der Waals surface area contributed by atoms with E-state index in [1.54, 1.807) is 0 Å². The average Bonchev–Trinajstić information content (AvgIpc) is 3.26. The molecule has 35 heavy (non-hydrogen) atoms. The Labute approximate surface area is 211 Å². The predicted octanol–water partition coefficient (Wildman–Crippen LogP) is 7.70. The molecule has 4 rings (SSSR count). The topological polar surface area (TPSA) is 46.2 Å². The summed E-state index contributed by atoms with van der Waals surface area (Å²) in [7, 11) is 0. The zero-order valence-corrected chi connectivity index (χ0v) is 23.5. The molecule has 0 unspecified atom stereocenters. The van der Waals surface area contributed by atoms with E-state index in [0.717, 1.165) is 45.3 Å². The fraction of sp³-hybridized carbons (Fsp3) is 0.600. The molecule has 5 heteroatoms. The van der Waals surface area contributed by atoms with Gasteiger partial charge in [-0.05, 0) is 21.7 Å². The van der Waals surface area contributed by atoms with Gasteiger partial charge >= 0.3 is 13.0 Å². The van der Waals surface area contributed by atoms with Crippen LogP contribution in [-0.4, -0.2) is 13.0 Å². The molecular weight excluding hydrogens is 440 g/mol. The molecule has 2 aromatic rings. The van der Waals surface area contributed by atoms with Crippen molar-refractivity contribution in [2.75, 3.05) is 0 Å². The number of ether oxygens (including phenoxy) is 5. The Bertz CT molecular complexity index is 944. The van der Waals surface area contributed by atoms with E-state index in [9.17, 15) is 0 Å². The van der Waals surface area contributed by atoms with Crippen LogP contribution in [0.2, 0.25) is 0 Å². The van der Waals surface area contributed by atoms with Crippen LogP contribution in [0.5, 0.6) is 23.0 Å². The van der Waals surface area contributed by atoms with Crippen LogP contribution >= 0.6 is 0 Å². The summed E-state index contributed by atoms with van der Waals surface area (Å²) in [5, 5.41) is 0. The SMILES string of the molecule is CC(C)(C)c1ccc(C(C)(C)C)c2c1OC(OC1Oc3c(C(C)(C)C)ccc(C(C)(C)C)c3O1)O2. The van der Waals surface area contributed by atoms with E-state index in [4.69, 9.17) is 23.7 Å². The van der Waals surface area contributed by atoms with Crippen molar-refractivity contribution in [1.82, 2.24) is 0 Å². The molecule has 2 aliphatic heterocycles. The third-order valence-corrected chi connectivity index (χ3v) is 6.53. The second-order valence-corrected chi connectivity index (χ2v) is 13.8. The Morgan fingerprint density at radius 1 is 0.429 bits per heavy atom. The minimum Gasteiger partial charge on any atom is -0.428 e. The summed E-state index contributed by atoms with van der Waals surface area (Å²) in [5.74, 6) is 2.93. The van der Waals surface area contributed by atoms with Crippen molar-refractivity contribution in [3.8, 4) is 23.0 Å². The Kier molecular flexibility index (Phi) is 5.91. The van der Waals surface area contributed by atoms with Gasteiger partial charge in [0.05, 0.1) is 0 Å². The van der Waals surface area contributed by atoms with Crippen LogP contribution in [-0.2, 0) is 26.4 Å². The number of hydrogen-bond acceptors (Lipinski definition) is 5. The molecule has 0 radical (unpaired) electrons. The quantitative estimate of drug-likeness (QED) is 0.439. The number of rotatable bonds is 2. The van der Waals surface area contributed by atoms with Crippen LogP contribution in [0.4, 0.5) is 0 Å². The van der Waals surface area contributed by atoms with Gasteiger partial charge in [0, 0.05) is 22.3 Å². The molecule has 2 heterocycles. The Hall–Kier alpha value is -2.40. The largest absolute Gasteiger partial charge is 0.428 e. The van der Waals surface area contributed by atoms with Crippen LogP contribution < -0.4 is 18.9 Å². The van der Waals surface area contributed by atoms with Gasteiger partial charge in [-0.1, -0.05) is 107 Å². The molecule has 0 saturated carbocycles. The number of fused-ring (bicyclic) bond motifs is 2. The van der Waals surface area contributed by atoms with Crippen LogP contribution in [0.1, 0.15) is 105 Å². The molecule has 192 valence electrons. The van der Waals surface area contributed by atoms with Crippen molar-refractivity contribution in [2.45, 2.75) is 118 Å². The summed E-state index contributed by atoms with van der Waals surface area (Å²) in [4.78, 5) is 0. The van der Waals surface area contributed by atoms with Gasteiger partial charge in [0.15, 0.2) is 23.0 Å². The second-order valence-electron chi connectivity index (χ2n) is 13.8. The van der Waals surface area contributed by atoms with Crippen LogP contribution in [0.25, 0.3) is 0 Å². The van der Waals surface area contributed by atoms with E-state index in [1.807, 2.05) is 0 Å². The third kappa shape index (κ3) is 4.84. The lowest BCUT2D eigenvalue weighted by Crippen LogP contribution is -2.33. The van der Waals surface area contributed by atoms with E-state index in [0.29, 0.717) is 0 Å². The second kappa shape index (κ2) is 8.06. The summed E-state index contributed by atoms with van der Waals surface area (Å²) < 4.78 is 31.1. The van der Waals surface area contributed by atoms with Crippen molar-refractivity contribution in [3.05, 3.63) is 46.5 Å². The summed E-state index contributed by atoms with van der Waals surface area (Å²) >= 11 is 0. The van der Waals surface area contributed by atoms with Crippen LogP contribution in [0, 0.1) is 0 Å². The fourth-order valence-corrected chi connectivity index (χ4v) is 4.59. The van der Waals surface area contributed by atoms with E-state index < -0.39 is 13.0 Å². The van der Waals surface area contributed by atoms with Crippen molar-refractivity contribution in [1.29, 1.82) is 0 Å². The van der Waals surface area contributed by atoms with Crippen LogP contribution in [0.3, 0.4) is 0 Å². The standard InChI is InChI=1S/C30H42O5/c1-27(2,3)17-13-14-18(28(4,5)6)22-21(17)31-25(32-22)35-26-33-23-19(29(7,8)9)15-16-20(24(23)34-26)30(10,11)12/h13-16,25-26H,1-12H3. The Morgan fingerprint density at radius 3 is 0.800 bits per heavy atom. The summed E-state index contributed by atoms with van der Waals surface area (Å²) in [6, 6.07) is 8.53. The van der Waals surface area contributed by atoms with E-state index >= 15 is 0 Å². The highest BCUT2D eigenvalue weighted by molar-refractivity contribution is 5.59. The van der Waals surface area contributed by atoms with Crippen LogP contribution in [0.15, 0.2) is 24.3 Å². The lowest BCUT2D eigenvalue weighted by molar-refractivity contribution is -0.294. The normalized spacial score (nSPS) is 16.8. The molecular formula is C30H42O5. The maximum absolute atomic E-state index is 6.25. The Morgan fingerprint density at radius 2 is 0.629 bits per heavy atom. The summed E-state index contributed by atoms with van der Waals surface area (Å²) in [6.45, 7) is 24.1. The monoisotopic (exact) mass is 482 g/mol. The molecule has 0 atom stereocenters.